The van der Waals surface area contributed by atoms with Crippen molar-refractivity contribution in [2.45, 2.75) is 11.3 Å². The van der Waals surface area contributed by atoms with Gasteiger partial charge in [0.1, 0.15) is 5.75 Å². The van der Waals surface area contributed by atoms with Gasteiger partial charge in [-0.15, -0.1) is 0 Å². The van der Waals surface area contributed by atoms with Crippen molar-refractivity contribution in [1.82, 2.24) is 5.32 Å². The zero-order valence-corrected chi connectivity index (χ0v) is 8.77. The van der Waals surface area contributed by atoms with Crippen LogP contribution >= 0.6 is 12.1 Å². The first-order chi connectivity index (χ1) is 7.13. The molecule has 82 valence electrons. The summed E-state index contributed by atoms with van der Waals surface area (Å²) in [5.41, 5.74) is 5.98. The Bertz CT molecular complexity index is 359. The monoisotopic (exact) mass is 229 g/mol. The molecule has 0 saturated carbocycles. The van der Waals surface area contributed by atoms with Crippen LogP contribution in [0.25, 0.3) is 0 Å². The molecule has 4 nitrogen and oxygen atoms in total. The lowest BCUT2D eigenvalue weighted by Crippen LogP contribution is -2.31. The zero-order chi connectivity index (χ0) is 11.3. The lowest BCUT2D eigenvalue weighted by Gasteiger charge is -2.05. The Morgan fingerprint density at radius 1 is 1.60 bits per heavy atom. The lowest BCUT2D eigenvalue weighted by atomic mass is 10.1. The molecule has 6 heteroatoms. The third-order valence-corrected chi connectivity index (χ3v) is 2.33. The molecule has 0 saturated heterocycles. The molecule has 1 aromatic carbocycles. The molecule has 1 rings (SSSR count). The van der Waals surface area contributed by atoms with E-state index in [2.05, 4.69) is 5.32 Å². The van der Waals surface area contributed by atoms with Crippen LogP contribution in [0.5, 0.6) is 5.75 Å². The minimum atomic E-state index is -0.0890. The zero-order valence-electron chi connectivity index (χ0n) is 7.96. The quantitative estimate of drug-likeness (QED) is 0.464. The van der Waals surface area contributed by atoms with E-state index in [0.717, 1.165) is 5.56 Å². The second-order valence-corrected chi connectivity index (χ2v) is 3.56. The van der Waals surface area contributed by atoms with Gasteiger partial charge in [0.2, 0.25) is 0 Å². The van der Waals surface area contributed by atoms with Crippen molar-refractivity contribution >= 4 is 18.1 Å². The van der Waals surface area contributed by atoms with E-state index in [4.69, 9.17) is 11.1 Å². The second kappa shape index (κ2) is 5.45. The molecule has 0 aliphatic carbocycles. The van der Waals surface area contributed by atoms with Crippen molar-refractivity contribution in [2.75, 3.05) is 6.54 Å². The maximum absolute atomic E-state index is 12.3. The Hall–Kier alpha value is -1.43. The van der Waals surface area contributed by atoms with Gasteiger partial charge in [0.25, 0.3) is 0 Å². The molecule has 0 aliphatic heterocycles. The van der Waals surface area contributed by atoms with Crippen LogP contribution in [0.1, 0.15) is 5.56 Å². The summed E-state index contributed by atoms with van der Waals surface area (Å²) in [6, 6.07) is 4.73. The minimum Gasteiger partial charge on any atom is -0.507 e. The van der Waals surface area contributed by atoms with E-state index in [9.17, 15) is 8.99 Å². The number of benzene rings is 1. The van der Waals surface area contributed by atoms with Crippen LogP contribution in [-0.4, -0.2) is 17.6 Å². The fraction of sp³-hybridized carbons (Fsp3) is 0.222. The average molecular weight is 229 g/mol. The van der Waals surface area contributed by atoms with Crippen molar-refractivity contribution in [1.29, 1.82) is 5.41 Å². The van der Waals surface area contributed by atoms with Gasteiger partial charge >= 0.3 is 0 Å². The number of halogens is 1. The van der Waals surface area contributed by atoms with Crippen LogP contribution in [0.3, 0.4) is 0 Å². The number of aromatic hydroxyl groups is 1. The van der Waals surface area contributed by atoms with Crippen molar-refractivity contribution in [3.05, 3.63) is 23.8 Å². The van der Waals surface area contributed by atoms with Crippen molar-refractivity contribution in [2.24, 2.45) is 5.73 Å². The van der Waals surface area contributed by atoms with Crippen molar-refractivity contribution in [3.63, 3.8) is 0 Å². The van der Waals surface area contributed by atoms with Crippen LogP contribution in [0, 0.1) is 5.41 Å². The molecule has 1 aromatic rings. The van der Waals surface area contributed by atoms with Crippen LogP contribution in [0.4, 0.5) is 3.89 Å². The van der Waals surface area contributed by atoms with E-state index in [1.807, 2.05) is 0 Å². The Balaban J connectivity index is 2.58. The van der Waals surface area contributed by atoms with Gasteiger partial charge in [-0.1, -0.05) is 6.07 Å². The maximum atomic E-state index is 12.3. The van der Waals surface area contributed by atoms with Crippen LogP contribution in [-0.2, 0) is 6.42 Å². The molecule has 0 unspecified atom stereocenters. The number of hydrogen-bond donors (Lipinski definition) is 4. The van der Waals surface area contributed by atoms with Crippen molar-refractivity contribution < 1.29 is 8.99 Å². The SMILES string of the molecule is N=C(N)NCCc1ccc(O)c(SF)c1. The van der Waals surface area contributed by atoms with Gasteiger partial charge in [0.05, 0.1) is 17.0 Å². The predicted molar refractivity (Wildman–Crippen MR) is 58.7 cm³/mol. The molecule has 0 aromatic heterocycles. The Labute approximate surface area is 91.5 Å². The minimum absolute atomic E-state index is 0.0120. The molecule has 0 atom stereocenters. The van der Waals surface area contributed by atoms with Gasteiger partial charge in [-0.2, -0.15) is 3.89 Å². The van der Waals surface area contributed by atoms with E-state index >= 15 is 0 Å². The lowest BCUT2D eigenvalue weighted by molar-refractivity contribution is 0.461. The molecule has 0 spiro atoms. The second-order valence-electron chi connectivity index (χ2n) is 2.97. The fourth-order valence-electron chi connectivity index (χ4n) is 1.12. The van der Waals surface area contributed by atoms with Crippen molar-refractivity contribution in [3.8, 4) is 5.75 Å². The summed E-state index contributed by atoms with van der Waals surface area (Å²) in [5.74, 6) is -0.153. The molecule has 0 fully saturated rings. The summed E-state index contributed by atoms with van der Waals surface area (Å²) in [7, 11) is 0. The highest BCUT2D eigenvalue weighted by Gasteiger charge is 2.03. The Morgan fingerprint density at radius 3 is 2.93 bits per heavy atom. The van der Waals surface area contributed by atoms with Gasteiger partial charge in [-0.25, -0.2) is 0 Å². The molecule has 0 radical (unpaired) electrons. The number of rotatable bonds is 4. The van der Waals surface area contributed by atoms with Gasteiger partial charge in [0, 0.05) is 6.54 Å². The molecule has 0 amide bonds. The number of phenolic OH excluding ortho intramolecular Hbond substituents is 1. The Kier molecular flexibility index (Phi) is 4.23. The highest BCUT2D eigenvalue weighted by atomic mass is 32.2. The summed E-state index contributed by atoms with van der Waals surface area (Å²) in [6.07, 6.45) is 0.618. The van der Waals surface area contributed by atoms with E-state index in [1.54, 1.807) is 12.1 Å². The number of nitrogens with two attached hydrogens (primary N) is 1. The number of phenols is 1. The first-order valence-electron chi connectivity index (χ1n) is 4.32. The Morgan fingerprint density at radius 2 is 2.33 bits per heavy atom. The highest BCUT2D eigenvalue weighted by molar-refractivity contribution is 7.94. The van der Waals surface area contributed by atoms with Crippen LogP contribution in [0.15, 0.2) is 23.1 Å². The number of hydrogen-bond acceptors (Lipinski definition) is 3. The fourth-order valence-corrected chi connectivity index (χ4v) is 1.46. The topological polar surface area (TPSA) is 82.1 Å². The normalized spacial score (nSPS) is 9.93. The number of guanidine groups is 1. The number of nitrogens with one attached hydrogen (secondary N) is 2. The molecule has 0 aliphatic rings. The summed E-state index contributed by atoms with van der Waals surface area (Å²) in [4.78, 5) is 0.204. The molecule has 5 N–H and O–H groups in total. The predicted octanol–water partition coefficient (Wildman–Crippen LogP) is 1.39. The first-order valence-corrected chi connectivity index (χ1v) is 5.03. The summed E-state index contributed by atoms with van der Waals surface area (Å²) in [5, 5.41) is 18.8. The summed E-state index contributed by atoms with van der Waals surface area (Å²) < 4.78 is 12.3. The van der Waals surface area contributed by atoms with E-state index in [-0.39, 0.29) is 28.8 Å². The van der Waals surface area contributed by atoms with Crippen LogP contribution in [0.2, 0.25) is 0 Å². The largest absolute Gasteiger partial charge is 0.507 e. The highest BCUT2D eigenvalue weighted by Crippen LogP contribution is 2.29. The third-order valence-electron chi connectivity index (χ3n) is 1.84. The maximum Gasteiger partial charge on any atom is 0.185 e. The molecular formula is C9H12FN3OS. The smallest absolute Gasteiger partial charge is 0.185 e. The van der Waals surface area contributed by atoms with E-state index in [1.165, 1.54) is 6.07 Å². The van der Waals surface area contributed by atoms with E-state index in [0.29, 0.717) is 13.0 Å². The standard InChI is InChI=1S/C9H12FN3OS/c10-15-8-5-6(1-2-7(8)14)3-4-13-9(11)12/h1-2,5,14H,3-4H2,(H4,11,12,13). The molecular weight excluding hydrogens is 217 g/mol. The van der Waals surface area contributed by atoms with Gasteiger partial charge < -0.3 is 16.2 Å². The summed E-state index contributed by atoms with van der Waals surface area (Å²) in [6.45, 7) is 0.510. The first kappa shape index (κ1) is 11.6. The van der Waals surface area contributed by atoms with Gasteiger partial charge in [-0.05, 0) is 24.1 Å². The summed E-state index contributed by atoms with van der Waals surface area (Å²) >= 11 is 0.0120. The van der Waals surface area contributed by atoms with Crippen LogP contribution < -0.4 is 11.1 Å². The van der Waals surface area contributed by atoms with Gasteiger partial charge in [0.15, 0.2) is 5.96 Å². The molecule has 15 heavy (non-hydrogen) atoms. The third kappa shape index (κ3) is 3.67. The molecule has 0 heterocycles. The molecule has 0 bridgehead atoms. The van der Waals surface area contributed by atoms with Gasteiger partial charge in [-0.3, -0.25) is 5.41 Å². The van der Waals surface area contributed by atoms with E-state index < -0.39 is 0 Å². The average Bonchev–Trinajstić information content (AvgIpc) is 2.20.